The third-order valence-corrected chi connectivity index (χ3v) is 6.43. The van der Waals surface area contributed by atoms with Gasteiger partial charge in [0, 0.05) is 24.1 Å². The highest BCUT2D eigenvalue weighted by atomic mass is 16.6. The molecule has 3 rings (SSSR count). The predicted molar refractivity (Wildman–Crippen MR) is 146 cm³/mol. The fraction of sp³-hybridized carbons (Fsp3) is 0.452. The van der Waals surface area contributed by atoms with E-state index in [4.69, 9.17) is 9.47 Å². The Morgan fingerprint density at radius 1 is 0.973 bits per heavy atom. The molecule has 0 bridgehead atoms. The number of methoxy groups -OCH3 is 1. The first-order chi connectivity index (χ1) is 17.6. The molecular weight excluding hydrogens is 466 g/mol. The number of carbonyl (C=O) groups is 3. The number of benzene rings is 2. The van der Waals surface area contributed by atoms with Crippen molar-refractivity contribution in [2.24, 2.45) is 5.92 Å². The summed E-state index contributed by atoms with van der Waals surface area (Å²) in [7, 11) is 1.39. The molecule has 2 aromatic rings. The van der Waals surface area contributed by atoms with Gasteiger partial charge >= 0.3 is 11.9 Å². The van der Waals surface area contributed by atoms with Gasteiger partial charge in [-0.05, 0) is 74.9 Å². The van der Waals surface area contributed by atoms with Gasteiger partial charge in [0.2, 0.25) is 5.91 Å². The van der Waals surface area contributed by atoms with Crippen molar-refractivity contribution in [3.05, 3.63) is 71.3 Å². The van der Waals surface area contributed by atoms with Crippen molar-refractivity contribution in [3.63, 3.8) is 0 Å². The second-order valence-electron chi connectivity index (χ2n) is 10.6. The van der Waals surface area contributed by atoms with Gasteiger partial charge in [-0.2, -0.15) is 0 Å². The highest BCUT2D eigenvalue weighted by Gasteiger charge is 2.27. The quantitative estimate of drug-likeness (QED) is 0.297. The van der Waals surface area contributed by atoms with Crippen LogP contribution in [0.3, 0.4) is 0 Å². The molecule has 0 aliphatic heterocycles. The minimum atomic E-state index is -0.532. The van der Waals surface area contributed by atoms with Crippen molar-refractivity contribution in [1.29, 1.82) is 0 Å². The molecule has 0 radical (unpaired) electrons. The predicted octanol–water partition coefficient (Wildman–Crippen LogP) is 6.26. The molecule has 0 saturated heterocycles. The fourth-order valence-corrected chi connectivity index (χ4v) is 4.51. The van der Waals surface area contributed by atoms with Gasteiger partial charge in [-0.1, -0.05) is 55.7 Å². The topological polar surface area (TPSA) is 72.9 Å². The summed E-state index contributed by atoms with van der Waals surface area (Å²) in [4.78, 5) is 39.1. The summed E-state index contributed by atoms with van der Waals surface area (Å²) in [5.74, 6) is -0.448. The molecule has 0 aromatic heterocycles. The molecule has 0 heterocycles. The summed E-state index contributed by atoms with van der Waals surface area (Å²) in [6.45, 7) is 5.96. The molecule has 0 atom stereocenters. The Morgan fingerprint density at radius 3 is 2.32 bits per heavy atom. The van der Waals surface area contributed by atoms with Crippen LogP contribution in [0.5, 0.6) is 0 Å². The normalized spacial score (nSPS) is 14.4. The zero-order valence-electron chi connectivity index (χ0n) is 22.5. The molecular formula is C31H39NO5. The Bertz CT molecular complexity index is 1090. The van der Waals surface area contributed by atoms with Crippen molar-refractivity contribution in [2.45, 2.75) is 77.9 Å². The number of esters is 2. The number of hydrogen-bond acceptors (Lipinski definition) is 5. The summed E-state index contributed by atoms with van der Waals surface area (Å²) < 4.78 is 10.1. The highest BCUT2D eigenvalue weighted by molar-refractivity contribution is 5.95. The van der Waals surface area contributed by atoms with E-state index in [0.29, 0.717) is 19.4 Å². The first kappa shape index (κ1) is 28.2. The van der Waals surface area contributed by atoms with Gasteiger partial charge in [-0.3, -0.25) is 9.59 Å². The third-order valence-electron chi connectivity index (χ3n) is 6.43. The molecule has 1 saturated carbocycles. The smallest absolute Gasteiger partial charge is 0.331 e. The van der Waals surface area contributed by atoms with E-state index in [-0.39, 0.29) is 23.8 Å². The Balaban J connectivity index is 1.78. The molecule has 1 aliphatic rings. The van der Waals surface area contributed by atoms with E-state index in [1.807, 2.05) is 74.2 Å². The molecule has 6 heteroatoms. The van der Waals surface area contributed by atoms with Gasteiger partial charge < -0.3 is 14.4 Å². The van der Waals surface area contributed by atoms with Crippen LogP contribution >= 0.6 is 0 Å². The van der Waals surface area contributed by atoms with E-state index in [2.05, 4.69) is 0 Å². The summed E-state index contributed by atoms with van der Waals surface area (Å²) in [6.07, 6.45) is 9.22. The summed E-state index contributed by atoms with van der Waals surface area (Å²) >= 11 is 0. The van der Waals surface area contributed by atoms with Crippen LogP contribution in [-0.4, -0.2) is 30.6 Å². The van der Waals surface area contributed by atoms with E-state index in [1.54, 1.807) is 6.08 Å². The van der Waals surface area contributed by atoms with Gasteiger partial charge in [-0.25, -0.2) is 4.79 Å². The fourth-order valence-electron chi connectivity index (χ4n) is 4.51. The minimum Gasteiger partial charge on any atom is -0.469 e. The van der Waals surface area contributed by atoms with Crippen LogP contribution in [0, 0.1) is 5.92 Å². The van der Waals surface area contributed by atoms with E-state index >= 15 is 0 Å². The zero-order valence-corrected chi connectivity index (χ0v) is 22.5. The molecule has 0 unspecified atom stereocenters. The van der Waals surface area contributed by atoms with E-state index in [0.717, 1.165) is 48.1 Å². The number of anilines is 1. The van der Waals surface area contributed by atoms with Crippen LogP contribution < -0.4 is 4.90 Å². The second kappa shape index (κ2) is 13.2. The lowest BCUT2D eigenvalue weighted by Gasteiger charge is -2.30. The maximum Gasteiger partial charge on any atom is 0.331 e. The molecule has 1 fully saturated rings. The Morgan fingerprint density at radius 2 is 1.68 bits per heavy atom. The van der Waals surface area contributed by atoms with Gasteiger partial charge in [0.25, 0.3) is 0 Å². The number of amides is 1. The van der Waals surface area contributed by atoms with E-state index in [1.165, 1.54) is 19.6 Å². The number of rotatable bonds is 9. The Hall–Kier alpha value is -3.41. The van der Waals surface area contributed by atoms with Gasteiger partial charge in [0.05, 0.1) is 13.7 Å². The van der Waals surface area contributed by atoms with Crippen molar-refractivity contribution < 1.29 is 23.9 Å². The number of ether oxygens (including phenoxy) is 2. The van der Waals surface area contributed by atoms with Crippen molar-refractivity contribution in [3.8, 4) is 0 Å². The summed E-state index contributed by atoms with van der Waals surface area (Å²) in [5, 5.41) is 0. The van der Waals surface area contributed by atoms with Gasteiger partial charge in [0.15, 0.2) is 0 Å². The molecule has 1 aliphatic carbocycles. The van der Waals surface area contributed by atoms with Crippen LogP contribution in [0.4, 0.5) is 5.69 Å². The van der Waals surface area contributed by atoms with Crippen molar-refractivity contribution >= 4 is 29.6 Å². The highest BCUT2D eigenvalue weighted by Crippen LogP contribution is 2.29. The van der Waals surface area contributed by atoms with Crippen LogP contribution in [0.15, 0.2) is 54.6 Å². The van der Waals surface area contributed by atoms with Crippen LogP contribution in [0.2, 0.25) is 0 Å². The lowest BCUT2D eigenvalue weighted by molar-refractivity contribution is -0.148. The molecule has 37 heavy (non-hydrogen) atoms. The molecule has 2 aromatic carbocycles. The first-order valence-corrected chi connectivity index (χ1v) is 13.1. The number of aryl methyl sites for hydroxylation is 1. The average Bonchev–Trinajstić information content (AvgIpc) is 2.89. The van der Waals surface area contributed by atoms with Crippen LogP contribution in [-0.2, 0) is 36.8 Å². The SMILES string of the molecule is COC(=O)CCc1cccc(N(Cc2ccc(/C=C/C(=O)OC(C)(C)C)cc2)C(=O)C2CCCCC2)c1. The lowest BCUT2D eigenvalue weighted by Crippen LogP contribution is -2.36. The van der Waals surface area contributed by atoms with E-state index in [9.17, 15) is 14.4 Å². The van der Waals surface area contributed by atoms with Gasteiger partial charge in [0.1, 0.15) is 5.60 Å². The monoisotopic (exact) mass is 505 g/mol. The lowest BCUT2D eigenvalue weighted by atomic mass is 9.88. The molecule has 1 amide bonds. The molecule has 0 spiro atoms. The average molecular weight is 506 g/mol. The Kier molecular flexibility index (Phi) is 10.1. The third kappa shape index (κ3) is 9.19. The van der Waals surface area contributed by atoms with Crippen LogP contribution in [0.25, 0.3) is 6.08 Å². The molecule has 198 valence electrons. The summed E-state index contributed by atoms with van der Waals surface area (Å²) in [6, 6.07) is 15.7. The Labute approximate surface area is 220 Å². The van der Waals surface area contributed by atoms with Gasteiger partial charge in [-0.15, -0.1) is 0 Å². The van der Waals surface area contributed by atoms with Crippen LogP contribution in [0.1, 0.15) is 76.0 Å². The maximum absolute atomic E-state index is 13.7. The number of carbonyl (C=O) groups excluding carboxylic acids is 3. The first-order valence-electron chi connectivity index (χ1n) is 13.1. The maximum atomic E-state index is 13.7. The number of hydrogen-bond donors (Lipinski definition) is 0. The molecule has 6 nitrogen and oxygen atoms in total. The standard InChI is InChI=1S/C31H39NO5/c1-31(2,3)37-29(34)20-17-23-13-15-25(16-14-23)22-32(30(35)26-10-6-5-7-11-26)27-12-8-9-24(21-27)18-19-28(33)36-4/h8-9,12-17,20-21,26H,5-7,10-11,18-19,22H2,1-4H3/b20-17+. The van der Waals surface area contributed by atoms with E-state index < -0.39 is 5.60 Å². The molecule has 0 N–H and O–H groups in total. The van der Waals surface area contributed by atoms with Crippen molar-refractivity contribution in [2.75, 3.05) is 12.0 Å². The van der Waals surface area contributed by atoms with Crippen molar-refractivity contribution in [1.82, 2.24) is 0 Å². The number of nitrogens with zero attached hydrogens (tertiary/aromatic N) is 1. The minimum absolute atomic E-state index is 0.0310. The summed E-state index contributed by atoms with van der Waals surface area (Å²) in [5.41, 5.74) is 3.18. The second-order valence-corrected chi connectivity index (χ2v) is 10.6. The zero-order chi connectivity index (χ0) is 26.8. The largest absolute Gasteiger partial charge is 0.469 e.